The van der Waals surface area contributed by atoms with Gasteiger partial charge in [-0.2, -0.15) is 0 Å². The van der Waals surface area contributed by atoms with Gasteiger partial charge >= 0.3 is 0 Å². The van der Waals surface area contributed by atoms with Crippen molar-refractivity contribution < 1.29 is 9.53 Å². The van der Waals surface area contributed by atoms with Gasteiger partial charge in [0.15, 0.2) is 0 Å². The number of rotatable bonds is 2. The average Bonchev–Trinajstić information content (AvgIpc) is 2.72. The number of aromatic nitrogens is 1. The third-order valence-corrected chi connectivity index (χ3v) is 2.08. The van der Waals surface area contributed by atoms with E-state index in [4.69, 9.17) is 4.74 Å². The molecule has 0 saturated carbocycles. The smallest absolute Gasteiger partial charge is 0.255 e. The molecule has 2 heterocycles. The van der Waals surface area contributed by atoms with Crippen molar-refractivity contribution in [1.29, 1.82) is 0 Å². The van der Waals surface area contributed by atoms with Gasteiger partial charge in [0.2, 0.25) is 0 Å². The van der Waals surface area contributed by atoms with E-state index >= 15 is 0 Å². The summed E-state index contributed by atoms with van der Waals surface area (Å²) in [5.41, 5.74) is 0. The van der Waals surface area contributed by atoms with Crippen LogP contribution in [-0.4, -0.2) is 36.7 Å². The van der Waals surface area contributed by atoms with Crippen molar-refractivity contribution in [2.24, 2.45) is 0 Å². The zero-order valence-corrected chi connectivity index (χ0v) is 7.75. The van der Waals surface area contributed by atoms with Crippen molar-refractivity contribution in [2.75, 3.05) is 25.0 Å². The number of anilines is 1. The molecular weight excluding hydrogens is 182 g/mol. The fraction of sp³-hybridized carbons (Fsp3) is 0.444. The van der Waals surface area contributed by atoms with Crippen LogP contribution < -0.4 is 10.6 Å². The van der Waals surface area contributed by atoms with Gasteiger partial charge in [0, 0.05) is 19.3 Å². The lowest BCUT2D eigenvalue weighted by Gasteiger charge is -2.22. The summed E-state index contributed by atoms with van der Waals surface area (Å²) in [6.45, 7) is 1.97. The van der Waals surface area contributed by atoms with E-state index in [-0.39, 0.29) is 12.0 Å². The van der Waals surface area contributed by atoms with Crippen LogP contribution >= 0.6 is 0 Å². The van der Waals surface area contributed by atoms with Crippen LogP contribution in [0.5, 0.6) is 0 Å². The van der Waals surface area contributed by atoms with Crippen molar-refractivity contribution in [3.05, 3.63) is 18.3 Å². The largest absolute Gasteiger partial charge is 0.366 e. The molecule has 1 aromatic rings. The Hall–Kier alpha value is -1.33. The standard InChI is InChI=1S/C9H13N3O2/c13-9(7-6-10-4-5-14-7)12-8-2-1-3-11-8/h1-3,7,10-11H,4-6H2,(H,12,13). The number of aromatic amines is 1. The second-order valence-electron chi connectivity index (χ2n) is 3.14. The zero-order valence-electron chi connectivity index (χ0n) is 7.75. The Bertz CT molecular complexity index is 291. The van der Waals surface area contributed by atoms with E-state index in [1.165, 1.54) is 0 Å². The van der Waals surface area contributed by atoms with Crippen LogP contribution in [-0.2, 0) is 9.53 Å². The number of amides is 1. The molecule has 0 spiro atoms. The normalized spacial score (nSPS) is 21.9. The molecule has 0 aliphatic carbocycles. The fourth-order valence-corrected chi connectivity index (χ4v) is 1.36. The van der Waals surface area contributed by atoms with E-state index in [0.29, 0.717) is 19.0 Å². The summed E-state index contributed by atoms with van der Waals surface area (Å²) in [5.74, 6) is 0.587. The van der Waals surface area contributed by atoms with Crippen molar-refractivity contribution in [3.8, 4) is 0 Å². The first-order valence-electron chi connectivity index (χ1n) is 4.63. The number of ether oxygens (including phenoxy) is 1. The molecule has 1 aromatic heterocycles. The van der Waals surface area contributed by atoms with Crippen LogP contribution in [0.2, 0.25) is 0 Å². The Morgan fingerprint density at radius 1 is 1.64 bits per heavy atom. The van der Waals surface area contributed by atoms with E-state index in [0.717, 1.165) is 6.54 Å². The van der Waals surface area contributed by atoms with Gasteiger partial charge in [0.05, 0.1) is 6.61 Å². The minimum atomic E-state index is -0.382. The van der Waals surface area contributed by atoms with Gasteiger partial charge in [-0.25, -0.2) is 0 Å². The number of nitrogens with one attached hydrogen (secondary N) is 3. The molecule has 2 rings (SSSR count). The molecule has 1 atom stereocenters. The Kier molecular flexibility index (Phi) is 2.81. The summed E-state index contributed by atoms with van der Waals surface area (Å²) in [7, 11) is 0. The highest BCUT2D eigenvalue weighted by molar-refractivity contribution is 5.93. The molecule has 14 heavy (non-hydrogen) atoms. The maximum absolute atomic E-state index is 11.6. The highest BCUT2D eigenvalue weighted by Gasteiger charge is 2.21. The first-order valence-corrected chi connectivity index (χ1v) is 4.63. The van der Waals surface area contributed by atoms with E-state index < -0.39 is 0 Å². The molecule has 1 amide bonds. The van der Waals surface area contributed by atoms with Gasteiger partial charge in [-0.05, 0) is 12.1 Å². The molecule has 1 aliphatic rings. The summed E-state index contributed by atoms with van der Waals surface area (Å²) in [5, 5.41) is 5.83. The minimum Gasteiger partial charge on any atom is -0.366 e. The van der Waals surface area contributed by atoms with Crippen LogP contribution in [0.3, 0.4) is 0 Å². The molecule has 0 bridgehead atoms. The lowest BCUT2D eigenvalue weighted by molar-refractivity contribution is -0.128. The average molecular weight is 195 g/mol. The molecule has 1 fully saturated rings. The van der Waals surface area contributed by atoms with E-state index in [9.17, 15) is 4.79 Å². The van der Waals surface area contributed by atoms with Gasteiger partial charge in [0.1, 0.15) is 11.9 Å². The van der Waals surface area contributed by atoms with E-state index in [1.807, 2.05) is 6.07 Å². The van der Waals surface area contributed by atoms with Crippen molar-refractivity contribution in [2.45, 2.75) is 6.10 Å². The summed E-state index contributed by atoms with van der Waals surface area (Å²) in [6.07, 6.45) is 1.38. The monoisotopic (exact) mass is 195 g/mol. The Morgan fingerprint density at radius 2 is 2.57 bits per heavy atom. The molecule has 76 valence electrons. The molecule has 5 heteroatoms. The van der Waals surface area contributed by atoms with Crippen molar-refractivity contribution >= 4 is 11.7 Å². The lowest BCUT2D eigenvalue weighted by atomic mass is 10.3. The topological polar surface area (TPSA) is 66.2 Å². The predicted molar refractivity (Wildman–Crippen MR) is 52.0 cm³/mol. The number of carbonyl (C=O) groups excluding carboxylic acids is 1. The summed E-state index contributed by atoms with van der Waals surface area (Å²) in [6, 6.07) is 3.63. The second-order valence-corrected chi connectivity index (χ2v) is 3.14. The summed E-state index contributed by atoms with van der Waals surface area (Å²) >= 11 is 0. The Morgan fingerprint density at radius 3 is 3.21 bits per heavy atom. The lowest BCUT2D eigenvalue weighted by Crippen LogP contribution is -2.45. The van der Waals surface area contributed by atoms with Crippen LogP contribution in [0.4, 0.5) is 5.82 Å². The Labute approximate surface area is 81.8 Å². The summed E-state index contributed by atoms with van der Waals surface area (Å²) in [4.78, 5) is 14.5. The van der Waals surface area contributed by atoms with Crippen molar-refractivity contribution in [3.63, 3.8) is 0 Å². The molecule has 0 aromatic carbocycles. The highest BCUT2D eigenvalue weighted by atomic mass is 16.5. The fourth-order valence-electron chi connectivity index (χ4n) is 1.36. The maximum Gasteiger partial charge on any atom is 0.255 e. The second kappa shape index (κ2) is 4.26. The predicted octanol–water partition coefficient (Wildman–Crippen LogP) is -0.0584. The minimum absolute atomic E-state index is 0.111. The number of hydrogen-bond acceptors (Lipinski definition) is 3. The van der Waals surface area contributed by atoms with Crippen LogP contribution in [0.15, 0.2) is 18.3 Å². The number of carbonyl (C=O) groups is 1. The van der Waals surface area contributed by atoms with E-state index in [2.05, 4.69) is 15.6 Å². The summed E-state index contributed by atoms with van der Waals surface area (Å²) < 4.78 is 5.30. The van der Waals surface area contributed by atoms with Crippen LogP contribution in [0, 0.1) is 0 Å². The zero-order chi connectivity index (χ0) is 9.80. The van der Waals surface area contributed by atoms with Gasteiger partial charge in [0.25, 0.3) is 5.91 Å². The molecule has 1 saturated heterocycles. The molecule has 1 aliphatic heterocycles. The highest BCUT2D eigenvalue weighted by Crippen LogP contribution is 2.04. The first kappa shape index (κ1) is 9.23. The van der Waals surface area contributed by atoms with Gasteiger partial charge in [-0.1, -0.05) is 0 Å². The van der Waals surface area contributed by atoms with Gasteiger partial charge < -0.3 is 20.4 Å². The van der Waals surface area contributed by atoms with Crippen molar-refractivity contribution in [1.82, 2.24) is 10.3 Å². The van der Waals surface area contributed by atoms with Crippen LogP contribution in [0.1, 0.15) is 0 Å². The number of morpholine rings is 1. The molecular formula is C9H13N3O2. The number of H-pyrrole nitrogens is 1. The third-order valence-electron chi connectivity index (χ3n) is 2.08. The third kappa shape index (κ3) is 2.12. The van der Waals surface area contributed by atoms with Gasteiger partial charge in [-0.3, -0.25) is 4.79 Å². The van der Waals surface area contributed by atoms with Gasteiger partial charge in [-0.15, -0.1) is 0 Å². The Balaban J connectivity index is 1.88. The molecule has 5 nitrogen and oxygen atoms in total. The quantitative estimate of drug-likeness (QED) is 0.619. The molecule has 1 unspecified atom stereocenters. The molecule has 3 N–H and O–H groups in total. The SMILES string of the molecule is O=C(Nc1ccc[nH]1)C1CNCCO1. The first-order chi connectivity index (χ1) is 6.86. The number of hydrogen-bond donors (Lipinski definition) is 3. The molecule has 0 radical (unpaired) electrons. The van der Waals surface area contributed by atoms with Crippen LogP contribution in [0.25, 0.3) is 0 Å². The maximum atomic E-state index is 11.6. The van der Waals surface area contributed by atoms with E-state index in [1.54, 1.807) is 12.3 Å².